The molecule has 11 nitrogen and oxygen atoms in total. The molecule has 6 aromatic heterocycles. The number of imidazole rings is 2. The molecule has 0 atom stereocenters. The lowest BCUT2D eigenvalue weighted by Gasteiger charge is -2.07. The molecule has 13 heteroatoms. The minimum absolute atomic E-state index is 0.156. The Labute approximate surface area is 264 Å². The molecule has 8 aromatic rings. The van der Waals surface area contributed by atoms with Crippen molar-refractivity contribution in [2.24, 2.45) is 0 Å². The number of rotatable bonds is 9. The molecule has 0 spiro atoms. The van der Waals surface area contributed by atoms with Crippen LogP contribution in [-0.4, -0.2) is 48.0 Å². The maximum atomic E-state index is 10.1. The van der Waals surface area contributed by atoms with Crippen molar-refractivity contribution in [3.63, 3.8) is 0 Å². The first kappa shape index (κ1) is 27.6. The number of furan rings is 2. The first-order valence-electron chi connectivity index (χ1n) is 14.1. The molecule has 0 amide bonds. The number of hydrogen-bond acceptors (Lipinski definition) is 10. The van der Waals surface area contributed by atoms with Crippen LogP contribution in [0.25, 0.3) is 55.5 Å². The summed E-state index contributed by atoms with van der Waals surface area (Å²) in [5, 5.41) is 21.8. The lowest BCUT2D eigenvalue weighted by molar-refractivity contribution is 0.281. The molecule has 0 radical (unpaired) electrons. The Kier molecular flexibility index (Phi) is 6.70. The molecule has 1 N–H and O–H groups in total. The Bertz CT molecular complexity index is 2330. The highest BCUT2D eigenvalue weighted by Crippen LogP contribution is 2.35. The number of aliphatic hydroxyl groups excluding tert-OH is 1. The molecule has 45 heavy (non-hydrogen) atoms. The second-order valence-electron chi connectivity index (χ2n) is 10.6. The monoisotopic (exact) mass is 640 g/mol. The number of ether oxygens (including phenoxy) is 2. The summed E-state index contributed by atoms with van der Waals surface area (Å²) in [6.07, 6.45) is 4.26. The number of alkyl halides is 1. The summed E-state index contributed by atoms with van der Waals surface area (Å²) in [4.78, 5) is 10.1. The van der Waals surface area contributed by atoms with Crippen molar-refractivity contribution >= 4 is 55.5 Å². The lowest BCUT2D eigenvalue weighted by Crippen LogP contribution is -2.02. The van der Waals surface area contributed by atoms with Gasteiger partial charge in [-0.1, -0.05) is 11.3 Å². The molecule has 0 saturated heterocycles. The highest BCUT2D eigenvalue weighted by atomic mass is 35.5. The van der Waals surface area contributed by atoms with Gasteiger partial charge in [-0.3, -0.25) is 0 Å². The number of aliphatic hydroxyl groups is 1. The van der Waals surface area contributed by atoms with E-state index in [9.17, 15) is 5.11 Å². The first-order chi connectivity index (χ1) is 22.0. The molecule has 6 heterocycles. The van der Waals surface area contributed by atoms with E-state index in [1.165, 1.54) is 11.3 Å². The van der Waals surface area contributed by atoms with E-state index in [2.05, 4.69) is 15.2 Å². The third-order valence-electron chi connectivity index (χ3n) is 7.57. The number of methoxy groups -OCH3 is 1. The highest BCUT2D eigenvalue weighted by Gasteiger charge is 2.17. The lowest BCUT2D eigenvalue weighted by atomic mass is 10.1. The fourth-order valence-electron chi connectivity index (χ4n) is 5.38. The van der Waals surface area contributed by atoms with Crippen LogP contribution in [0, 0.1) is 6.92 Å². The summed E-state index contributed by atoms with van der Waals surface area (Å²) in [7, 11) is 1.61. The summed E-state index contributed by atoms with van der Waals surface area (Å²) in [6, 6.07) is 15.1. The molecule has 2 aromatic carbocycles. The Balaban J connectivity index is 0.984. The predicted molar refractivity (Wildman–Crippen MR) is 170 cm³/mol. The van der Waals surface area contributed by atoms with Gasteiger partial charge in [0.2, 0.25) is 4.96 Å². The minimum atomic E-state index is -0.156. The fourth-order valence-corrected chi connectivity index (χ4v) is 6.45. The average molecular weight is 641 g/mol. The van der Waals surface area contributed by atoms with Crippen LogP contribution in [0.4, 0.5) is 0 Å². The van der Waals surface area contributed by atoms with Gasteiger partial charge in [0.1, 0.15) is 39.1 Å². The van der Waals surface area contributed by atoms with E-state index in [1.54, 1.807) is 16.1 Å². The summed E-state index contributed by atoms with van der Waals surface area (Å²) in [5.41, 5.74) is 5.90. The van der Waals surface area contributed by atoms with Crippen molar-refractivity contribution in [1.82, 2.24) is 29.2 Å². The normalized spacial score (nSPS) is 11.9. The summed E-state index contributed by atoms with van der Waals surface area (Å²) in [5.74, 6) is 2.86. The van der Waals surface area contributed by atoms with Crippen LogP contribution < -0.4 is 9.47 Å². The SMILES string of the molecule is COc1cc(CCl)c2cc(-c3cn4nc(CCOc5cc(CO)c6cc(-c7cn8nc(C)ccc8n7)oc6c5)sc4n3)oc2c1. The molecule has 0 bridgehead atoms. The molecular weight excluding hydrogens is 616 g/mol. The van der Waals surface area contributed by atoms with Crippen molar-refractivity contribution in [1.29, 1.82) is 0 Å². The smallest absolute Gasteiger partial charge is 0.212 e. The maximum Gasteiger partial charge on any atom is 0.212 e. The zero-order valence-corrected chi connectivity index (χ0v) is 25.7. The quantitative estimate of drug-likeness (QED) is 0.169. The van der Waals surface area contributed by atoms with Gasteiger partial charge in [-0.25, -0.2) is 19.0 Å². The van der Waals surface area contributed by atoms with Gasteiger partial charge in [-0.05, 0) is 54.4 Å². The van der Waals surface area contributed by atoms with Crippen molar-refractivity contribution in [3.8, 4) is 34.4 Å². The van der Waals surface area contributed by atoms with E-state index in [4.69, 9.17) is 34.9 Å². The van der Waals surface area contributed by atoms with Gasteiger partial charge in [-0.2, -0.15) is 10.2 Å². The minimum Gasteiger partial charge on any atom is -0.497 e. The van der Waals surface area contributed by atoms with Crippen LogP contribution in [0.3, 0.4) is 0 Å². The molecule has 0 aliphatic carbocycles. The topological polar surface area (TPSA) is 125 Å². The van der Waals surface area contributed by atoms with E-state index in [0.29, 0.717) is 70.0 Å². The molecule has 226 valence electrons. The van der Waals surface area contributed by atoms with Gasteiger partial charge in [0.25, 0.3) is 0 Å². The standard InChI is InChI=1S/C32H25ClN6O5S/c1-17-3-4-30-34-24(14-38(30)36-17)28-12-23-19(16-40)8-21(10-27(23)44-28)42-6-5-31-37-39-15-25(35-32(39)45-31)29-11-22-18(13-33)7-20(41-2)9-26(22)43-29/h3-4,7-12,14-15,40H,5-6,13,16H2,1-2H3. The number of aryl methyl sites for hydroxylation is 1. The zero-order chi connectivity index (χ0) is 30.7. The predicted octanol–water partition coefficient (Wildman–Crippen LogP) is 6.83. The summed E-state index contributed by atoms with van der Waals surface area (Å²) in [6.45, 7) is 2.16. The number of aromatic nitrogens is 6. The van der Waals surface area contributed by atoms with Gasteiger partial charge in [0.15, 0.2) is 17.2 Å². The highest BCUT2D eigenvalue weighted by molar-refractivity contribution is 7.16. The van der Waals surface area contributed by atoms with Crippen LogP contribution >= 0.6 is 22.9 Å². The van der Waals surface area contributed by atoms with Crippen LogP contribution in [-0.2, 0) is 18.9 Å². The van der Waals surface area contributed by atoms with E-state index < -0.39 is 0 Å². The van der Waals surface area contributed by atoms with Crippen LogP contribution in [0.5, 0.6) is 11.5 Å². The first-order valence-corrected chi connectivity index (χ1v) is 15.5. The van der Waals surface area contributed by atoms with Crippen LogP contribution in [0.1, 0.15) is 21.8 Å². The van der Waals surface area contributed by atoms with E-state index >= 15 is 0 Å². The number of benzene rings is 2. The Morgan fingerprint density at radius 2 is 1.58 bits per heavy atom. The largest absolute Gasteiger partial charge is 0.497 e. The van der Waals surface area contributed by atoms with Gasteiger partial charge in [-0.15, -0.1) is 11.6 Å². The number of hydrogen-bond donors (Lipinski definition) is 1. The summed E-state index contributed by atoms with van der Waals surface area (Å²) < 4.78 is 27.2. The van der Waals surface area contributed by atoms with Crippen LogP contribution in [0.15, 0.2) is 69.8 Å². The van der Waals surface area contributed by atoms with Crippen LogP contribution in [0.2, 0.25) is 0 Å². The molecule has 0 aliphatic heterocycles. The fraction of sp³-hybridized carbons (Fsp3) is 0.188. The van der Waals surface area contributed by atoms with Gasteiger partial charge in [0, 0.05) is 35.2 Å². The molecule has 8 rings (SSSR count). The second kappa shape index (κ2) is 10.9. The van der Waals surface area contributed by atoms with Gasteiger partial charge in [0.05, 0.1) is 38.4 Å². The second-order valence-corrected chi connectivity index (χ2v) is 11.9. The molecule has 0 aliphatic rings. The molecule has 0 fully saturated rings. The third-order valence-corrected chi connectivity index (χ3v) is 8.84. The maximum absolute atomic E-state index is 10.1. The Hall–Kier alpha value is -4.91. The van der Waals surface area contributed by atoms with Gasteiger partial charge < -0.3 is 23.4 Å². The van der Waals surface area contributed by atoms with Crippen molar-refractivity contribution in [3.05, 3.63) is 82.8 Å². The third kappa shape index (κ3) is 4.96. The van der Waals surface area contributed by atoms with E-state index in [1.807, 2.05) is 67.8 Å². The Morgan fingerprint density at radius 3 is 2.31 bits per heavy atom. The summed E-state index contributed by atoms with van der Waals surface area (Å²) >= 11 is 7.65. The van der Waals surface area contributed by atoms with Gasteiger partial charge >= 0.3 is 0 Å². The van der Waals surface area contributed by atoms with Crippen molar-refractivity contribution < 1.29 is 23.4 Å². The number of nitrogens with zero attached hydrogens (tertiary/aromatic N) is 6. The molecule has 0 saturated carbocycles. The van der Waals surface area contributed by atoms with Crippen molar-refractivity contribution in [2.45, 2.75) is 25.8 Å². The van der Waals surface area contributed by atoms with E-state index in [-0.39, 0.29) is 6.61 Å². The van der Waals surface area contributed by atoms with E-state index in [0.717, 1.165) is 37.6 Å². The molecule has 0 unspecified atom stereocenters. The number of halogens is 1. The number of fused-ring (bicyclic) bond motifs is 4. The Morgan fingerprint density at radius 1 is 0.867 bits per heavy atom. The average Bonchev–Trinajstić information content (AvgIpc) is 3.86. The van der Waals surface area contributed by atoms with Crippen molar-refractivity contribution in [2.75, 3.05) is 13.7 Å². The zero-order valence-electron chi connectivity index (χ0n) is 24.2. The molecular formula is C32H25ClN6O5S.